The average Bonchev–Trinajstić information content (AvgIpc) is 2.74. The Morgan fingerprint density at radius 3 is 2.33 bits per heavy atom. The SMILES string of the molecule is O=C(Nc1ccccc1)Nc1cccc(NC(=O)C2CCOc3ccc(Cl)cc32)c1. The lowest BCUT2D eigenvalue weighted by Crippen LogP contribution is -2.26. The lowest BCUT2D eigenvalue weighted by Gasteiger charge is -2.25. The zero-order valence-electron chi connectivity index (χ0n) is 16.0. The number of hydrogen-bond donors (Lipinski definition) is 3. The van der Waals surface area contributed by atoms with Crippen molar-refractivity contribution in [2.75, 3.05) is 22.6 Å². The fourth-order valence-corrected chi connectivity index (χ4v) is 3.54. The van der Waals surface area contributed by atoms with Crippen LogP contribution in [0.5, 0.6) is 5.75 Å². The van der Waals surface area contributed by atoms with E-state index >= 15 is 0 Å². The summed E-state index contributed by atoms with van der Waals surface area (Å²) in [5.74, 6) is 0.178. The minimum Gasteiger partial charge on any atom is -0.493 e. The van der Waals surface area contributed by atoms with Gasteiger partial charge in [0.1, 0.15) is 5.75 Å². The van der Waals surface area contributed by atoms with Gasteiger partial charge >= 0.3 is 6.03 Å². The van der Waals surface area contributed by atoms with Crippen LogP contribution >= 0.6 is 11.6 Å². The van der Waals surface area contributed by atoms with Crippen LogP contribution < -0.4 is 20.7 Å². The van der Waals surface area contributed by atoms with Crippen molar-refractivity contribution < 1.29 is 14.3 Å². The van der Waals surface area contributed by atoms with E-state index in [4.69, 9.17) is 16.3 Å². The average molecular weight is 422 g/mol. The summed E-state index contributed by atoms with van der Waals surface area (Å²) in [5.41, 5.74) is 2.63. The number of amides is 3. The molecule has 0 bridgehead atoms. The molecule has 152 valence electrons. The first-order valence-electron chi connectivity index (χ1n) is 9.55. The van der Waals surface area contributed by atoms with Crippen molar-refractivity contribution in [1.29, 1.82) is 0 Å². The van der Waals surface area contributed by atoms with E-state index < -0.39 is 0 Å². The largest absolute Gasteiger partial charge is 0.493 e. The second-order valence-corrected chi connectivity index (χ2v) is 7.32. The molecule has 3 aromatic carbocycles. The molecule has 0 fully saturated rings. The number of ether oxygens (including phenoxy) is 1. The van der Waals surface area contributed by atoms with E-state index in [9.17, 15) is 9.59 Å². The first-order valence-corrected chi connectivity index (χ1v) is 9.92. The maximum atomic E-state index is 12.9. The molecule has 1 atom stereocenters. The van der Waals surface area contributed by atoms with Crippen LogP contribution in [0, 0.1) is 0 Å². The number of fused-ring (bicyclic) bond motifs is 1. The highest BCUT2D eigenvalue weighted by Gasteiger charge is 2.28. The van der Waals surface area contributed by atoms with Crippen LogP contribution in [0.1, 0.15) is 17.9 Å². The first-order chi connectivity index (χ1) is 14.6. The summed E-state index contributed by atoms with van der Waals surface area (Å²) in [6.45, 7) is 0.466. The number of carbonyl (C=O) groups excluding carboxylic acids is 2. The second-order valence-electron chi connectivity index (χ2n) is 6.89. The minimum atomic E-state index is -0.363. The number of carbonyl (C=O) groups is 2. The van der Waals surface area contributed by atoms with Gasteiger partial charge in [0.05, 0.1) is 12.5 Å². The lowest BCUT2D eigenvalue weighted by molar-refractivity contribution is -0.118. The summed E-state index contributed by atoms with van der Waals surface area (Å²) in [7, 11) is 0. The highest BCUT2D eigenvalue weighted by molar-refractivity contribution is 6.30. The molecule has 0 radical (unpaired) electrons. The predicted molar refractivity (Wildman–Crippen MR) is 118 cm³/mol. The molecule has 3 N–H and O–H groups in total. The van der Waals surface area contributed by atoms with Crippen LogP contribution in [0.2, 0.25) is 5.02 Å². The first kappa shape index (κ1) is 19.8. The van der Waals surface area contributed by atoms with Crippen molar-refractivity contribution in [3.63, 3.8) is 0 Å². The molecule has 1 aliphatic rings. The van der Waals surface area contributed by atoms with E-state index in [1.54, 1.807) is 54.6 Å². The Bertz CT molecular complexity index is 1070. The molecule has 3 aromatic rings. The quantitative estimate of drug-likeness (QED) is 0.521. The zero-order valence-corrected chi connectivity index (χ0v) is 16.8. The smallest absolute Gasteiger partial charge is 0.323 e. The molecule has 0 aromatic heterocycles. The molecule has 0 saturated carbocycles. The van der Waals surface area contributed by atoms with Crippen LogP contribution in [0.25, 0.3) is 0 Å². The lowest BCUT2D eigenvalue weighted by atomic mass is 9.92. The molecule has 3 amide bonds. The van der Waals surface area contributed by atoms with Crippen molar-refractivity contribution in [3.05, 3.63) is 83.4 Å². The molecule has 6 nitrogen and oxygen atoms in total. The van der Waals surface area contributed by atoms with Gasteiger partial charge in [0.15, 0.2) is 0 Å². The van der Waals surface area contributed by atoms with Crippen molar-refractivity contribution in [3.8, 4) is 5.75 Å². The summed E-state index contributed by atoms with van der Waals surface area (Å²) in [4.78, 5) is 25.1. The molecule has 1 unspecified atom stereocenters. The molecule has 4 rings (SSSR count). The van der Waals surface area contributed by atoms with Crippen LogP contribution in [-0.2, 0) is 4.79 Å². The Balaban J connectivity index is 1.43. The van der Waals surface area contributed by atoms with Gasteiger partial charge in [-0.3, -0.25) is 4.79 Å². The molecule has 0 aliphatic carbocycles. The van der Waals surface area contributed by atoms with Gasteiger partial charge in [-0.1, -0.05) is 35.9 Å². The van der Waals surface area contributed by atoms with Crippen LogP contribution in [-0.4, -0.2) is 18.5 Å². The maximum Gasteiger partial charge on any atom is 0.323 e. The Hall–Kier alpha value is -3.51. The van der Waals surface area contributed by atoms with Gasteiger partial charge in [0.25, 0.3) is 0 Å². The van der Waals surface area contributed by atoms with Gasteiger partial charge in [-0.2, -0.15) is 0 Å². The van der Waals surface area contributed by atoms with Gasteiger partial charge in [0, 0.05) is 27.6 Å². The summed E-state index contributed by atoms with van der Waals surface area (Å²) < 4.78 is 5.63. The van der Waals surface area contributed by atoms with Gasteiger partial charge in [-0.05, 0) is 55.0 Å². The predicted octanol–water partition coefficient (Wildman–Crippen LogP) is 5.49. The van der Waals surface area contributed by atoms with E-state index in [0.29, 0.717) is 40.9 Å². The van der Waals surface area contributed by atoms with Crippen LogP contribution in [0.4, 0.5) is 21.9 Å². The Kier molecular flexibility index (Phi) is 5.86. The number of nitrogens with one attached hydrogen (secondary N) is 3. The third-order valence-corrected chi connectivity index (χ3v) is 4.98. The van der Waals surface area contributed by atoms with Crippen molar-refractivity contribution >= 4 is 40.6 Å². The van der Waals surface area contributed by atoms with Gasteiger partial charge in [-0.15, -0.1) is 0 Å². The number of urea groups is 1. The summed E-state index contributed by atoms with van der Waals surface area (Å²) >= 11 is 6.10. The Labute approximate surface area is 179 Å². The highest BCUT2D eigenvalue weighted by atomic mass is 35.5. The van der Waals surface area contributed by atoms with E-state index in [-0.39, 0.29) is 17.9 Å². The Morgan fingerprint density at radius 1 is 0.833 bits per heavy atom. The normalized spacial score (nSPS) is 14.8. The molecule has 0 spiro atoms. The molecular formula is C23H20ClN3O3. The fraction of sp³-hybridized carbons (Fsp3) is 0.130. The number of hydrogen-bond acceptors (Lipinski definition) is 3. The summed E-state index contributed by atoms with van der Waals surface area (Å²) in [5, 5.41) is 9.01. The zero-order chi connectivity index (χ0) is 20.9. The number of para-hydroxylation sites is 1. The van der Waals surface area contributed by atoms with Gasteiger partial charge in [0.2, 0.25) is 5.91 Å². The standard InChI is InChI=1S/C23H20ClN3O3/c24-15-9-10-21-20(13-15)19(11-12-30-21)22(28)25-17-7-4-8-18(14-17)27-23(29)26-16-5-2-1-3-6-16/h1-10,13-14,19H,11-12H2,(H,25,28)(H2,26,27,29). The Morgan fingerprint density at radius 2 is 1.53 bits per heavy atom. The van der Waals surface area contributed by atoms with E-state index in [0.717, 1.165) is 5.56 Å². The molecule has 1 heterocycles. The van der Waals surface area contributed by atoms with Crippen LogP contribution in [0.15, 0.2) is 72.8 Å². The third kappa shape index (κ3) is 4.72. The van der Waals surface area contributed by atoms with E-state index in [1.165, 1.54) is 0 Å². The number of halogens is 1. The van der Waals surface area contributed by atoms with Crippen molar-refractivity contribution in [2.45, 2.75) is 12.3 Å². The van der Waals surface area contributed by atoms with Crippen molar-refractivity contribution in [1.82, 2.24) is 0 Å². The third-order valence-electron chi connectivity index (χ3n) is 4.75. The van der Waals surface area contributed by atoms with Gasteiger partial charge in [-0.25, -0.2) is 4.79 Å². The summed E-state index contributed by atoms with van der Waals surface area (Å²) in [6, 6.07) is 21.1. The topological polar surface area (TPSA) is 79.5 Å². The molecule has 7 heteroatoms. The van der Waals surface area contributed by atoms with Gasteiger partial charge < -0.3 is 20.7 Å². The second kappa shape index (κ2) is 8.88. The molecule has 1 aliphatic heterocycles. The number of benzene rings is 3. The highest BCUT2D eigenvalue weighted by Crippen LogP contribution is 2.36. The summed E-state index contributed by atoms with van der Waals surface area (Å²) in [6.07, 6.45) is 0.566. The van der Waals surface area contributed by atoms with Crippen LogP contribution in [0.3, 0.4) is 0 Å². The monoisotopic (exact) mass is 421 g/mol. The molecular weight excluding hydrogens is 402 g/mol. The fourth-order valence-electron chi connectivity index (χ4n) is 3.36. The van der Waals surface area contributed by atoms with E-state index in [1.807, 2.05) is 18.2 Å². The van der Waals surface area contributed by atoms with E-state index in [2.05, 4.69) is 16.0 Å². The number of anilines is 3. The molecule has 30 heavy (non-hydrogen) atoms. The molecule has 0 saturated heterocycles. The van der Waals surface area contributed by atoms with Crippen molar-refractivity contribution in [2.24, 2.45) is 0 Å². The number of rotatable bonds is 4. The maximum absolute atomic E-state index is 12.9. The minimum absolute atomic E-state index is 0.146.